The largest absolute Gasteiger partial charge is 0.349 e. The van der Waals surface area contributed by atoms with Crippen LogP contribution in [0.1, 0.15) is 44.2 Å². The van der Waals surface area contributed by atoms with Gasteiger partial charge < -0.3 is 15.6 Å². The van der Waals surface area contributed by atoms with Gasteiger partial charge in [0, 0.05) is 28.8 Å². The van der Waals surface area contributed by atoms with E-state index in [2.05, 4.69) is 21.2 Å². The van der Waals surface area contributed by atoms with Crippen molar-refractivity contribution < 1.29 is 4.79 Å². The van der Waals surface area contributed by atoms with Crippen molar-refractivity contribution >= 4 is 21.8 Å². The average Bonchev–Trinajstić information content (AvgIpc) is 2.55. The summed E-state index contributed by atoms with van der Waals surface area (Å²) in [6.45, 7) is 8.29. The molecule has 0 aliphatic carbocycles. The summed E-state index contributed by atoms with van der Waals surface area (Å²) >= 11 is 3.38. The van der Waals surface area contributed by atoms with Crippen LogP contribution in [0.4, 0.5) is 0 Å². The van der Waals surface area contributed by atoms with Crippen molar-refractivity contribution in [3.05, 3.63) is 22.4 Å². The maximum Gasteiger partial charge on any atom is 0.268 e. The molecule has 0 unspecified atom stereocenters. The van der Waals surface area contributed by atoms with Gasteiger partial charge in [-0.3, -0.25) is 4.79 Å². The molecule has 17 heavy (non-hydrogen) atoms. The number of nitrogens with zero attached hydrogens (tertiary/aromatic N) is 1. The van der Waals surface area contributed by atoms with Crippen molar-refractivity contribution in [1.29, 1.82) is 0 Å². The number of carbonyl (C=O) groups excluding carboxylic acids is 1. The molecule has 5 heteroatoms. The molecule has 0 bridgehead atoms. The maximum absolute atomic E-state index is 12.0. The molecule has 96 valence electrons. The SMILES string of the molecule is CC(C)n1cc(Br)cc1C(=O)NCC(C)(C)N. The number of halogens is 1. The van der Waals surface area contributed by atoms with Gasteiger partial charge in [0.1, 0.15) is 5.69 Å². The Morgan fingerprint density at radius 2 is 2.18 bits per heavy atom. The van der Waals surface area contributed by atoms with Crippen molar-refractivity contribution in [3.63, 3.8) is 0 Å². The number of nitrogens with one attached hydrogen (secondary N) is 1. The van der Waals surface area contributed by atoms with E-state index in [9.17, 15) is 4.79 Å². The highest BCUT2D eigenvalue weighted by Crippen LogP contribution is 2.19. The highest BCUT2D eigenvalue weighted by molar-refractivity contribution is 9.10. The Labute approximate surface area is 111 Å². The molecule has 4 nitrogen and oxygen atoms in total. The van der Waals surface area contributed by atoms with Crippen LogP contribution in [0.3, 0.4) is 0 Å². The number of carbonyl (C=O) groups is 1. The molecule has 0 fully saturated rings. The quantitative estimate of drug-likeness (QED) is 0.896. The molecular weight excluding hydrogens is 282 g/mol. The Balaban J connectivity index is 2.82. The third kappa shape index (κ3) is 4.16. The molecule has 0 saturated carbocycles. The summed E-state index contributed by atoms with van der Waals surface area (Å²) in [5.74, 6) is -0.0945. The molecule has 0 radical (unpaired) electrons. The van der Waals surface area contributed by atoms with Gasteiger partial charge in [-0.15, -0.1) is 0 Å². The molecule has 0 aliphatic heterocycles. The Hall–Kier alpha value is -0.810. The highest BCUT2D eigenvalue weighted by Gasteiger charge is 2.17. The fourth-order valence-electron chi connectivity index (χ4n) is 1.45. The number of hydrogen-bond donors (Lipinski definition) is 2. The molecule has 0 aromatic carbocycles. The molecule has 0 aliphatic rings. The van der Waals surface area contributed by atoms with Gasteiger partial charge in [-0.1, -0.05) is 0 Å². The van der Waals surface area contributed by atoms with Crippen LogP contribution in [0.15, 0.2) is 16.7 Å². The first-order valence-electron chi connectivity index (χ1n) is 5.65. The summed E-state index contributed by atoms with van der Waals surface area (Å²) in [5.41, 5.74) is 6.08. The predicted molar refractivity (Wildman–Crippen MR) is 73.1 cm³/mol. The van der Waals surface area contributed by atoms with Gasteiger partial charge in [0.2, 0.25) is 0 Å². The van der Waals surface area contributed by atoms with E-state index in [0.717, 1.165) is 4.47 Å². The molecule has 1 aromatic rings. The van der Waals surface area contributed by atoms with Crippen molar-refractivity contribution in [2.75, 3.05) is 6.54 Å². The van der Waals surface area contributed by atoms with Gasteiger partial charge in [-0.05, 0) is 49.7 Å². The molecule has 1 amide bonds. The van der Waals surface area contributed by atoms with E-state index in [1.165, 1.54) is 0 Å². The van der Waals surface area contributed by atoms with Crippen LogP contribution in [-0.4, -0.2) is 22.6 Å². The predicted octanol–water partition coefficient (Wildman–Crippen LogP) is 2.30. The van der Waals surface area contributed by atoms with Gasteiger partial charge in [0.05, 0.1) is 0 Å². The lowest BCUT2D eigenvalue weighted by atomic mass is 10.1. The fraction of sp³-hybridized carbons (Fsp3) is 0.583. The zero-order valence-electron chi connectivity index (χ0n) is 10.7. The van der Waals surface area contributed by atoms with Crippen molar-refractivity contribution in [1.82, 2.24) is 9.88 Å². The minimum absolute atomic E-state index is 0.0945. The van der Waals surface area contributed by atoms with E-state index in [1.54, 1.807) is 0 Å². The summed E-state index contributed by atoms with van der Waals surface area (Å²) < 4.78 is 2.84. The van der Waals surface area contributed by atoms with E-state index in [0.29, 0.717) is 12.2 Å². The second kappa shape index (κ2) is 5.23. The molecular formula is C12H20BrN3O. The lowest BCUT2D eigenvalue weighted by Gasteiger charge is -2.19. The third-order valence-electron chi connectivity index (χ3n) is 2.31. The second-order valence-electron chi connectivity index (χ2n) is 5.22. The van der Waals surface area contributed by atoms with Crippen molar-refractivity contribution in [3.8, 4) is 0 Å². The summed E-state index contributed by atoms with van der Waals surface area (Å²) in [7, 11) is 0. The Kier molecular flexibility index (Phi) is 4.38. The Morgan fingerprint density at radius 3 is 2.65 bits per heavy atom. The summed E-state index contributed by atoms with van der Waals surface area (Å²) in [4.78, 5) is 12.0. The van der Waals surface area contributed by atoms with E-state index < -0.39 is 5.54 Å². The van der Waals surface area contributed by atoms with Gasteiger partial charge in [0.25, 0.3) is 5.91 Å². The molecule has 1 rings (SSSR count). The van der Waals surface area contributed by atoms with Gasteiger partial charge >= 0.3 is 0 Å². The van der Waals surface area contributed by atoms with Crippen molar-refractivity contribution in [2.24, 2.45) is 5.73 Å². The van der Waals surface area contributed by atoms with Crippen LogP contribution < -0.4 is 11.1 Å². The van der Waals surface area contributed by atoms with Gasteiger partial charge in [0.15, 0.2) is 0 Å². The van der Waals surface area contributed by atoms with Crippen LogP contribution in [0.5, 0.6) is 0 Å². The first-order valence-corrected chi connectivity index (χ1v) is 6.44. The molecule has 0 atom stereocenters. The standard InChI is InChI=1S/C12H20BrN3O/c1-8(2)16-6-9(13)5-10(16)11(17)15-7-12(3,4)14/h5-6,8H,7,14H2,1-4H3,(H,15,17). The maximum atomic E-state index is 12.0. The van der Waals surface area contributed by atoms with E-state index in [1.807, 2.05) is 44.5 Å². The lowest BCUT2D eigenvalue weighted by Crippen LogP contribution is -2.45. The molecule has 1 aromatic heterocycles. The number of amides is 1. The van der Waals surface area contributed by atoms with E-state index in [4.69, 9.17) is 5.73 Å². The zero-order valence-corrected chi connectivity index (χ0v) is 12.3. The summed E-state index contributed by atoms with van der Waals surface area (Å²) in [5, 5.41) is 2.84. The first-order chi connectivity index (χ1) is 7.70. The Bertz CT molecular complexity index is 404. The summed E-state index contributed by atoms with van der Waals surface area (Å²) in [6.07, 6.45) is 1.91. The number of aromatic nitrogens is 1. The van der Waals surface area contributed by atoms with E-state index in [-0.39, 0.29) is 11.9 Å². The zero-order chi connectivity index (χ0) is 13.2. The number of hydrogen-bond acceptors (Lipinski definition) is 2. The smallest absolute Gasteiger partial charge is 0.268 e. The highest BCUT2D eigenvalue weighted by atomic mass is 79.9. The normalized spacial score (nSPS) is 11.9. The molecule has 0 spiro atoms. The number of nitrogens with two attached hydrogens (primary N) is 1. The Morgan fingerprint density at radius 1 is 1.59 bits per heavy atom. The first kappa shape index (κ1) is 14.3. The number of rotatable bonds is 4. The fourth-order valence-corrected chi connectivity index (χ4v) is 1.89. The van der Waals surface area contributed by atoms with Gasteiger partial charge in [-0.2, -0.15) is 0 Å². The molecule has 3 N–H and O–H groups in total. The minimum atomic E-state index is -0.401. The van der Waals surface area contributed by atoms with Crippen LogP contribution in [-0.2, 0) is 0 Å². The average molecular weight is 302 g/mol. The minimum Gasteiger partial charge on any atom is -0.349 e. The van der Waals surface area contributed by atoms with Crippen LogP contribution in [0, 0.1) is 0 Å². The topological polar surface area (TPSA) is 60.0 Å². The summed E-state index contributed by atoms with van der Waals surface area (Å²) in [6, 6.07) is 2.06. The third-order valence-corrected chi connectivity index (χ3v) is 2.74. The van der Waals surface area contributed by atoms with Crippen molar-refractivity contribution in [2.45, 2.75) is 39.3 Å². The van der Waals surface area contributed by atoms with Crippen LogP contribution >= 0.6 is 15.9 Å². The van der Waals surface area contributed by atoms with E-state index >= 15 is 0 Å². The van der Waals surface area contributed by atoms with Gasteiger partial charge in [-0.25, -0.2) is 0 Å². The lowest BCUT2D eigenvalue weighted by molar-refractivity contribution is 0.0935. The van der Waals surface area contributed by atoms with Crippen LogP contribution in [0.25, 0.3) is 0 Å². The second-order valence-corrected chi connectivity index (χ2v) is 6.13. The monoisotopic (exact) mass is 301 g/mol. The molecule has 1 heterocycles. The van der Waals surface area contributed by atoms with Crippen LogP contribution in [0.2, 0.25) is 0 Å². The molecule has 0 saturated heterocycles.